The van der Waals surface area contributed by atoms with Gasteiger partial charge in [-0.25, -0.2) is 0 Å². The number of phenolic OH excluding ortho intramolecular Hbond substituents is 1. The van der Waals surface area contributed by atoms with Gasteiger partial charge in [0, 0.05) is 0 Å². The van der Waals surface area contributed by atoms with Gasteiger partial charge in [-0.2, -0.15) is 0 Å². The first-order valence-electron chi connectivity index (χ1n) is 5.04. The van der Waals surface area contributed by atoms with E-state index in [1.165, 1.54) is 37.7 Å². The lowest BCUT2D eigenvalue weighted by Gasteiger charge is -1.89. The number of phenols is 1. The molecular weight excluding hydrogens is 160 g/mol. The molecule has 1 aromatic carbocycles. The molecule has 1 saturated carbocycles. The van der Waals surface area contributed by atoms with Crippen molar-refractivity contribution in [2.75, 3.05) is 0 Å². The third-order valence-electron chi connectivity index (χ3n) is 2.28. The van der Waals surface area contributed by atoms with E-state index in [4.69, 9.17) is 5.11 Å². The molecule has 72 valence electrons. The Hall–Kier alpha value is -0.980. The molecular formula is C12H18O. The van der Waals surface area contributed by atoms with E-state index < -0.39 is 0 Å². The Labute approximate surface area is 80.4 Å². The van der Waals surface area contributed by atoms with Gasteiger partial charge in [-0.1, -0.05) is 49.8 Å². The maximum absolute atomic E-state index is 8.76. The van der Waals surface area contributed by atoms with Crippen molar-refractivity contribution in [3.05, 3.63) is 29.8 Å². The zero-order valence-electron chi connectivity index (χ0n) is 8.29. The molecule has 0 bridgehead atoms. The van der Waals surface area contributed by atoms with Gasteiger partial charge >= 0.3 is 0 Å². The predicted molar refractivity (Wildman–Crippen MR) is 55.9 cm³/mol. The largest absolute Gasteiger partial charge is 0.508 e. The second-order valence-electron chi connectivity index (χ2n) is 3.60. The quantitative estimate of drug-likeness (QED) is 0.643. The molecule has 0 heterocycles. The Morgan fingerprint density at radius 2 is 1.23 bits per heavy atom. The first-order valence-corrected chi connectivity index (χ1v) is 5.04. The Morgan fingerprint density at radius 1 is 0.846 bits per heavy atom. The maximum atomic E-state index is 8.76. The second-order valence-corrected chi connectivity index (χ2v) is 3.60. The van der Waals surface area contributed by atoms with Crippen LogP contribution in [-0.2, 0) is 0 Å². The van der Waals surface area contributed by atoms with Gasteiger partial charge in [0.15, 0.2) is 0 Å². The van der Waals surface area contributed by atoms with Gasteiger partial charge in [0.05, 0.1) is 0 Å². The van der Waals surface area contributed by atoms with Crippen LogP contribution in [0.3, 0.4) is 0 Å². The van der Waals surface area contributed by atoms with E-state index in [2.05, 4.69) is 0 Å². The van der Waals surface area contributed by atoms with Crippen LogP contribution >= 0.6 is 0 Å². The van der Waals surface area contributed by atoms with Crippen molar-refractivity contribution in [2.24, 2.45) is 0 Å². The summed E-state index contributed by atoms with van der Waals surface area (Å²) >= 11 is 0. The van der Waals surface area contributed by atoms with Gasteiger partial charge in [-0.15, -0.1) is 0 Å². The SMILES string of the molecule is C1CCCC1.Cc1ccc(O)cc1. The molecule has 0 aliphatic heterocycles. The van der Waals surface area contributed by atoms with Gasteiger partial charge in [0.2, 0.25) is 0 Å². The van der Waals surface area contributed by atoms with Crippen LogP contribution in [0.5, 0.6) is 5.75 Å². The van der Waals surface area contributed by atoms with Crippen LogP contribution in [0.2, 0.25) is 0 Å². The average molecular weight is 178 g/mol. The Kier molecular flexibility index (Phi) is 4.37. The van der Waals surface area contributed by atoms with Gasteiger partial charge in [0.25, 0.3) is 0 Å². The fourth-order valence-electron chi connectivity index (χ4n) is 1.43. The van der Waals surface area contributed by atoms with Crippen molar-refractivity contribution in [2.45, 2.75) is 39.0 Å². The fraction of sp³-hybridized carbons (Fsp3) is 0.500. The summed E-state index contributed by atoms with van der Waals surface area (Å²) in [5, 5.41) is 8.76. The van der Waals surface area contributed by atoms with Crippen LogP contribution < -0.4 is 0 Å². The topological polar surface area (TPSA) is 20.2 Å². The maximum Gasteiger partial charge on any atom is 0.115 e. The Morgan fingerprint density at radius 3 is 1.54 bits per heavy atom. The highest BCUT2D eigenvalue weighted by Gasteiger charge is 1.95. The Balaban J connectivity index is 0.000000145. The van der Waals surface area contributed by atoms with E-state index in [-0.39, 0.29) is 0 Å². The molecule has 1 fully saturated rings. The van der Waals surface area contributed by atoms with Gasteiger partial charge in [-0.3, -0.25) is 0 Å². The van der Waals surface area contributed by atoms with Crippen molar-refractivity contribution in [3.8, 4) is 5.75 Å². The van der Waals surface area contributed by atoms with Crippen LogP contribution in [0.25, 0.3) is 0 Å². The summed E-state index contributed by atoms with van der Waals surface area (Å²) in [5.41, 5.74) is 1.17. The molecule has 0 spiro atoms. The smallest absolute Gasteiger partial charge is 0.115 e. The van der Waals surface area contributed by atoms with Crippen LogP contribution in [-0.4, -0.2) is 5.11 Å². The first-order chi connectivity index (χ1) is 6.29. The zero-order chi connectivity index (χ0) is 9.52. The molecule has 2 rings (SSSR count). The molecule has 1 nitrogen and oxygen atoms in total. The molecule has 1 heteroatoms. The summed E-state index contributed by atoms with van der Waals surface area (Å²) in [6.45, 7) is 1.99. The fourth-order valence-corrected chi connectivity index (χ4v) is 1.43. The highest BCUT2D eigenvalue weighted by molar-refractivity contribution is 5.24. The van der Waals surface area contributed by atoms with Crippen molar-refractivity contribution in [1.82, 2.24) is 0 Å². The van der Waals surface area contributed by atoms with E-state index in [9.17, 15) is 0 Å². The van der Waals surface area contributed by atoms with E-state index >= 15 is 0 Å². The number of benzene rings is 1. The highest BCUT2D eigenvalue weighted by atomic mass is 16.3. The summed E-state index contributed by atoms with van der Waals surface area (Å²) in [7, 11) is 0. The molecule has 0 atom stereocenters. The summed E-state index contributed by atoms with van der Waals surface area (Å²) in [6.07, 6.45) is 7.50. The minimum Gasteiger partial charge on any atom is -0.508 e. The van der Waals surface area contributed by atoms with Gasteiger partial charge in [-0.05, 0) is 19.1 Å². The number of aryl methyl sites for hydroxylation is 1. The lowest BCUT2D eigenvalue weighted by molar-refractivity contribution is 0.475. The minimum absolute atomic E-state index is 0.329. The van der Waals surface area contributed by atoms with Crippen LogP contribution in [0.15, 0.2) is 24.3 Å². The third-order valence-corrected chi connectivity index (χ3v) is 2.28. The Bertz CT molecular complexity index is 193. The summed E-state index contributed by atoms with van der Waals surface area (Å²) in [4.78, 5) is 0. The van der Waals surface area contributed by atoms with Crippen LogP contribution in [0.4, 0.5) is 0 Å². The normalized spacial score (nSPS) is 14.8. The molecule has 0 saturated heterocycles. The van der Waals surface area contributed by atoms with Gasteiger partial charge < -0.3 is 5.11 Å². The standard InChI is InChI=1S/C7H8O.C5H10/c1-6-2-4-7(8)5-3-6;1-2-4-5-3-1/h2-5,8H,1H3;1-5H2. The monoisotopic (exact) mass is 178 g/mol. The molecule has 1 aromatic rings. The van der Waals surface area contributed by atoms with Crippen molar-refractivity contribution >= 4 is 0 Å². The number of rotatable bonds is 0. The summed E-state index contributed by atoms with van der Waals surface area (Å²) in [6, 6.07) is 7.09. The summed E-state index contributed by atoms with van der Waals surface area (Å²) in [5.74, 6) is 0.329. The predicted octanol–water partition coefficient (Wildman–Crippen LogP) is 3.65. The van der Waals surface area contributed by atoms with Crippen LogP contribution in [0, 0.1) is 6.92 Å². The molecule has 1 aliphatic rings. The van der Waals surface area contributed by atoms with Crippen molar-refractivity contribution < 1.29 is 5.11 Å². The minimum atomic E-state index is 0.329. The third kappa shape index (κ3) is 4.56. The second kappa shape index (κ2) is 5.63. The van der Waals surface area contributed by atoms with Crippen molar-refractivity contribution in [3.63, 3.8) is 0 Å². The van der Waals surface area contributed by atoms with E-state index in [0.29, 0.717) is 5.75 Å². The number of hydrogen-bond acceptors (Lipinski definition) is 1. The summed E-state index contributed by atoms with van der Waals surface area (Å²) < 4.78 is 0. The van der Waals surface area contributed by atoms with E-state index in [0.717, 1.165) is 0 Å². The zero-order valence-corrected chi connectivity index (χ0v) is 8.29. The molecule has 1 aliphatic carbocycles. The van der Waals surface area contributed by atoms with Gasteiger partial charge in [0.1, 0.15) is 5.75 Å². The molecule has 0 aromatic heterocycles. The van der Waals surface area contributed by atoms with E-state index in [1.807, 2.05) is 19.1 Å². The molecule has 0 amide bonds. The molecule has 0 radical (unpaired) electrons. The molecule has 13 heavy (non-hydrogen) atoms. The first kappa shape index (κ1) is 10.1. The van der Waals surface area contributed by atoms with E-state index in [1.54, 1.807) is 12.1 Å². The van der Waals surface area contributed by atoms with Crippen LogP contribution in [0.1, 0.15) is 37.7 Å². The number of aromatic hydroxyl groups is 1. The van der Waals surface area contributed by atoms with Crippen molar-refractivity contribution in [1.29, 1.82) is 0 Å². The lowest BCUT2D eigenvalue weighted by atomic mass is 10.2. The number of hydrogen-bond donors (Lipinski definition) is 1. The molecule has 1 N–H and O–H groups in total. The molecule has 0 unspecified atom stereocenters. The lowest BCUT2D eigenvalue weighted by Crippen LogP contribution is -1.66. The highest BCUT2D eigenvalue weighted by Crippen LogP contribution is 2.15. The average Bonchev–Trinajstić information content (AvgIpc) is 2.68.